The molecular formula is C16H28N2O2. The number of piperazine rings is 1. The maximum absolute atomic E-state index is 12.7. The Morgan fingerprint density at radius 3 is 2.35 bits per heavy atom. The summed E-state index contributed by atoms with van der Waals surface area (Å²) < 4.78 is 0. The Labute approximate surface area is 122 Å². The second kappa shape index (κ2) is 5.74. The molecule has 0 aromatic heterocycles. The molecule has 1 aliphatic heterocycles. The number of rotatable bonds is 3. The number of carbonyl (C=O) groups excluding carboxylic acids is 2. The van der Waals surface area contributed by atoms with Gasteiger partial charge in [-0.25, -0.2) is 0 Å². The highest BCUT2D eigenvalue weighted by Gasteiger charge is 2.48. The Morgan fingerprint density at radius 1 is 1.20 bits per heavy atom. The molecule has 1 atom stereocenters. The number of nitrogens with one attached hydrogen (secondary N) is 1. The van der Waals surface area contributed by atoms with Crippen molar-refractivity contribution in [3.8, 4) is 0 Å². The number of hydrogen-bond acceptors (Lipinski definition) is 2. The van der Waals surface area contributed by atoms with Crippen LogP contribution in [0, 0.1) is 11.8 Å². The van der Waals surface area contributed by atoms with E-state index in [4.69, 9.17) is 0 Å². The van der Waals surface area contributed by atoms with E-state index < -0.39 is 5.54 Å². The molecule has 0 aromatic rings. The molecule has 0 aromatic carbocycles. The van der Waals surface area contributed by atoms with Gasteiger partial charge in [0, 0.05) is 6.54 Å². The van der Waals surface area contributed by atoms with Crippen molar-refractivity contribution in [2.24, 2.45) is 11.8 Å². The Balaban J connectivity index is 2.25. The lowest BCUT2D eigenvalue weighted by Crippen LogP contribution is -2.70. The van der Waals surface area contributed by atoms with Crippen LogP contribution in [0.2, 0.25) is 0 Å². The summed E-state index contributed by atoms with van der Waals surface area (Å²) >= 11 is 0. The van der Waals surface area contributed by atoms with Crippen LogP contribution in [0.3, 0.4) is 0 Å². The van der Waals surface area contributed by atoms with Crippen molar-refractivity contribution >= 4 is 11.8 Å². The first-order valence-corrected chi connectivity index (χ1v) is 7.96. The monoisotopic (exact) mass is 280 g/mol. The van der Waals surface area contributed by atoms with Gasteiger partial charge >= 0.3 is 0 Å². The quantitative estimate of drug-likeness (QED) is 0.862. The fourth-order valence-electron chi connectivity index (χ4n) is 3.57. The number of hydrogen-bond donors (Lipinski definition) is 1. The third kappa shape index (κ3) is 2.99. The third-order valence-corrected chi connectivity index (χ3v) is 4.49. The SMILES string of the molecule is CC(C)CN1C(=O)C(C)(C)NC(=O)C1C1CCCCC1. The first kappa shape index (κ1) is 15.3. The van der Waals surface area contributed by atoms with Crippen LogP contribution >= 0.6 is 0 Å². The largest absolute Gasteiger partial charge is 0.340 e. The fraction of sp³-hybridized carbons (Fsp3) is 0.875. The van der Waals surface area contributed by atoms with Gasteiger partial charge in [-0.05, 0) is 38.5 Å². The summed E-state index contributed by atoms with van der Waals surface area (Å²) in [6.45, 7) is 8.49. The molecule has 114 valence electrons. The minimum atomic E-state index is -0.767. The molecule has 2 aliphatic rings. The molecule has 1 aliphatic carbocycles. The van der Waals surface area contributed by atoms with E-state index in [1.807, 2.05) is 4.90 Å². The predicted octanol–water partition coefficient (Wildman–Crippen LogP) is 2.33. The Hall–Kier alpha value is -1.06. The first-order chi connectivity index (χ1) is 9.33. The summed E-state index contributed by atoms with van der Waals surface area (Å²) in [5, 5.41) is 2.93. The topological polar surface area (TPSA) is 49.4 Å². The minimum Gasteiger partial charge on any atom is -0.340 e. The second-order valence-corrected chi connectivity index (χ2v) is 7.31. The summed E-state index contributed by atoms with van der Waals surface area (Å²) in [4.78, 5) is 27.1. The number of nitrogens with zero attached hydrogens (tertiary/aromatic N) is 1. The normalized spacial score (nSPS) is 27.9. The van der Waals surface area contributed by atoms with Crippen LogP contribution in [0.4, 0.5) is 0 Å². The summed E-state index contributed by atoms with van der Waals surface area (Å²) in [5.41, 5.74) is -0.767. The van der Waals surface area contributed by atoms with Crippen LogP contribution in [0.1, 0.15) is 59.8 Å². The average Bonchev–Trinajstić information content (AvgIpc) is 2.36. The second-order valence-electron chi connectivity index (χ2n) is 7.31. The van der Waals surface area contributed by atoms with Gasteiger partial charge < -0.3 is 10.2 Å². The molecule has 1 saturated carbocycles. The zero-order chi connectivity index (χ0) is 14.9. The van der Waals surface area contributed by atoms with E-state index >= 15 is 0 Å². The molecule has 4 nitrogen and oxygen atoms in total. The van der Waals surface area contributed by atoms with Gasteiger partial charge in [-0.3, -0.25) is 9.59 Å². The molecule has 4 heteroatoms. The summed E-state index contributed by atoms with van der Waals surface area (Å²) in [5.74, 6) is 0.831. The van der Waals surface area contributed by atoms with Crippen molar-refractivity contribution in [3.05, 3.63) is 0 Å². The van der Waals surface area contributed by atoms with E-state index in [9.17, 15) is 9.59 Å². The average molecular weight is 280 g/mol. The van der Waals surface area contributed by atoms with Crippen molar-refractivity contribution in [2.75, 3.05) is 6.54 Å². The van der Waals surface area contributed by atoms with Crippen LogP contribution in [0.25, 0.3) is 0 Å². The lowest BCUT2D eigenvalue weighted by atomic mass is 9.80. The van der Waals surface area contributed by atoms with Gasteiger partial charge in [-0.15, -0.1) is 0 Å². The van der Waals surface area contributed by atoms with E-state index in [0.717, 1.165) is 12.8 Å². The van der Waals surface area contributed by atoms with Crippen molar-refractivity contribution in [3.63, 3.8) is 0 Å². The molecule has 20 heavy (non-hydrogen) atoms. The maximum atomic E-state index is 12.7. The standard InChI is InChI=1S/C16H28N2O2/c1-11(2)10-18-13(12-8-6-5-7-9-12)14(19)17-16(3,4)15(18)20/h11-13H,5-10H2,1-4H3,(H,17,19). The molecule has 1 N–H and O–H groups in total. The van der Waals surface area contributed by atoms with Gasteiger partial charge in [-0.2, -0.15) is 0 Å². The molecule has 0 bridgehead atoms. The molecule has 0 spiro atoms. The Morgan fingerprint density at radius 2 is 1.80 bits per heavy atom. The van der Waals surface area contributed by atoms with Crippen LogP contribution in [-0.4, -0.2) is 34.8 Å². The Bertz CT molecular complexity index is 384. The smallest absolute Gasteiger partial charge is 0.248 e. The number of amides is 2. The van der Waals surface area contributed by atoms with Gasteiger partial charge in [0.05, 0.1) is 0 Å². The van der Waals surface area contributed by atoms with Crippen LogP contribution in [0.15, 0.2) is 0 Å². The molecule has 1 unspecified atom stereocenters. The van der Waals surface area contributed by atoms with Gasteiger partial charge in [0.25, 0.3) is 0 Å². The number of carbonyl (C=O) groups is 2. The molecule has 2 amide bonds. The first-order valence-electron chi connectivity index (χ1n) is 7.96. The van der Waals surface area contributed by atoms with E-state index in [0.29, 0.717) is 18.4 Å². The molecule has 1 saturated heterocycles. The third-order valence-electron chi connectivity index (χ3n) is 4.49. The molecule has 0 radical (unpaired) electrons. The van der Waals surface area contributed by atoms with Crippen molar-refractivity contribution in [1.82, 2.24) is 10.2 Å². The predicted molar refractivity (Wildman–Crippen MR) is 79.1 cm³/mol. The summed E-state index contributed by atoms with van der Waals surface area (Å²) in [7, 11) is 0. The summed E-state index contributed by atoms with van der Waals surface area (Å²) in [6, 6.07) is -0.252. The highest BCUT2D eigenvalue weighted by molar-refractivity contribution is 5.99. The van der Waals surface area contributed by atoms with Crippen LogP contribution in [0.5, 0.6) is 0 Å². The molecule has 1 heterocycles. The van der Waals surface area contributed by atoms with Gasteiger partial charge in [0.15, 0.2) is 0 Å². The van der Waals surface area contributed by atoms with Crippen molar-refractivity contribution in [2.45, 2.75) is 71.4 Å². The maximum Gasteiger partial charge on any atom is 0.248 e. The van der Waals surface area contributed by atoms with Crippen molar-refractivity contribution in [1.29, 1.82) is 0 Å². The minimum absolute atomic E-state index is 0.0437. The highest BCUT2D eigenvalue weighted by atomic mass is 16.2. The van der Waals surface area contributed by atoms with Gasteiger partial charge in [0.2, 0.25) is 11.8 Å². The van der Waals surface area contributed by atoms with Crippen molar-refractivity contribution < 1.29 is 9.59 Å². The zero-order valence-corrected chi connectivity index (χ0v) is 13.2. The van der Waals surface area contributed by atoms with Gasteiger partial charge in [0.1, 0.15) is 11.6 Å². The van der Waals surface area contributed by atoms with Crippen LogP contribution in [-0.2, 0) is 9.59 Å². The lowest BCUT2D eigenvalue weighted by Gasteiger charge is -2.47. The molecule has 2 fully saturated rings. The lowest BCUT2D eigenvalue weighted by molar-refractivity contribution is -0.157. The van der Waals surface area contributed by atoms with Gasteiger partial charge in [-0.1, -0.05) is 33.1 Å². The van der Waals surface area contributed by atoms with E-state index in [1.54, 1.807) is 13.8 Å². The molecular weight excluding hydrogens is 252 g/mol. The van der Waals surface area contributed by atoms with E-state index in [1.165, 1.54) is 19.3 Å². The fourth-order valence-corrected chi connectivity index (χ4v) is 3.57. The molecule has 2 rings (SSSR count). The Kier molecular flexibility index (Phi) is 4.40. The summed E-state index contributed by atoms with van der Waals surface area (Å²) in [6.07, 6.45) is 5.76. The zero-order valence-electron chi connectivity index (χ0n) is 13.2. The highest BCUT2D eigenvalue weighted by Crippen LogP contribution is 2.32. The van der Waals surface area contributed by atoms with E-state index in [-0.39, 0.29) is 17.9 Å². The van der Waals surface area contributed by atoms with Crippen LogP contribution < -0.4 is 5.32 Å². The van der Waals surface area contributed by atoms with E-state index in [2.05, 4.69) is 19.2 Å².